The van der Waals surface area contributed by atoms with Gasteiger partial charge in [0.1, 0.15) is 0 Å². The number of nitrogens with one attached hydrogen (secondary N) is 2. The maximum absolute atomic E-state index is 12.7. The molecule has 0 bridgehead atoms. The molecule has 2 aromatic heterocycles. The number of anilines is 1. The fraction of sp³-hybridized carbons (Fsp3) is 0.154. The largest absolute Gasteiger partial charge is 0.348 e. The molecule has 33 heavy (non-hydrogen) atoms. The van der Waals surface area contributed by atoms with E-state index < -0.39 is 0 Å². The second-order valence-corrected chi connectivity index (χ2v) is 7.86. The lowest BCUT2D eigenvalue weighted by Gasteiger charge is -2.10. The summed E-state index contributed by atoms with van der Waals surface area (Å²) < 4.78 is 1.93. The Hall–Kier alpha value is -4.26. The van der Waals surface area contributed by atoms with Gasteiger partial charge in [-0.2, -0.15) is 5.10 Å². The highest BCUT2D eigenvalue weighted by molar-refractivity contribution is 6.04. The summed E-state index contributed by atoms with van der Waals surface area (Å²) >= 11 is 0. The van der Waals surface area contributed by atoms with Crippen LogP contribution in [-0.4, -0.2) is 26.6 Å². The zero-order chi connectivity index (χ0) is 23.2. The standard InChI is InChI=1S/C26H25N5O2/c1-18-13-19(2)31(30-18)17-21-6-3-7-23(14-21)25(32)28-16-20-5-4-8-24(15-20)29-26(33)22-9-11-27-12-10-22/h3-15H,16-17H2,1-2H3,(H,28,32)(H,29,33). The summed E-state index contributed by atoms with van der Waals surface area (Å²) in [6.45, 7) is 4.94. The van der Waals surface area contributed by atoms with Gasteiger partial charge in [-0.15, -0.1) is 0 Å². The van der Waals surface area contributed by atoms with Gasteiger partial charge in [0.05, 0.1) is 12.2 Å². The molecule has 0 unspecified atom stereocenters. The van der Waals surface area contributed by atoms with Crippen LogP contribution in [0.5, 0.6) is 0 Å². The Kier molecular flexibility index (Phi) is 6.59. The molecule has 2 amide bonds. The first-order valence-electron chi connectivity index (χ1n) is 10.7. The summed E-state index contributed by atoms with van der Waals surface area (Å²) in [5.74, 6) is -0.366. The summed E-state index contributed by atoms with van der Waals surface area (Å²) in [5, 5.41) is 10.3. The summed E-state index contributed by atoms with van der Waals surface area (Å²) in [7, 11) is 0. The van der Waals surface area contributed by atoms with E-state index >= 15 is 0 Å². The van der Waals surface area contributed by atoms with Crippen LogP contribution in [0.1, 0.15) is 43.2 Å². The summed E-state index contributed by atoms with van der Waals surface area (Å²) in [4.78, 5) is 29.0. The van der Waals surface area contributed by atoms with Crippen molar-refractivity contribution >= 4 is 17.5 Å². The van der Waals surface area contributed by atoms with Crippen molar-refractivity contribution in [1.29, 1.82) is 0 Å². The number of hydrogen-bond donors (Lipinski definition) is 2. The van der Waals surface area contributed by atoms with Gasteiger partial charge in [-0.25, -0.2) is 0 Å². The first-order chi connectivity index (χ1) is 16.0. The molecular weight excluding hydrogens is 414 g/mol. The highest BCUT2D eigenvalue weighted by Gasteiger charge is 2.09. The molecule has 0 saturated heterocycles. The van der Waals surface area contributed by atoms with E-state index in [1.54, 1.807) is 30.6 Å². The minimum absolute atomic E-state index is 0.156. The maximum Gasteiger partial charge on any atom is 0.255 e. The molecule has 2 aromatic carbocycles. The normalized spacial score (nSPS) is 10.6. The van der Waals surface area contributed by atoms with Crippen molar-refractivity contribution in [2.24, 2.45) is 0 Å². The third kappa shape index (κ3) is 5.71. The highest BCUT2D eigenvalue weighted by Crippen LogP contribution is 2.14. The van der Waals surface area contributed by atoms with Crippen molar-refractivity contribution in [3.8, 4) is 0 Å². The SMILES string of the molecule is Cc1cc(C)n(Cc2cccc(C(=O)NCc3cccc(NC(=O)c4ccncc4)c3)c2)n1. The maximum atomic E-state index is 12.7. The van der Waals surface area contributed by atoms with Crippen molar-refractivity contribution in [3.05, 3.63) is 113 Å². The Morgan fingerprint density at radius 1 is 0.848 bits per heavy atom. The van der Waals surface area contributed by atoms with E-state index in [2.05, 4.69) is 20.7 Å². The summed E-state index contributed by atoms with van der Waals surface area (Å²) in [6, 6.07) is 20.3. The molecule has 4 aromatic rings. The fourth-order valence-corrected chi connectivity index (χ4v) is 3.57. The van der Waals surface area contributed by atoms with Crippen molar-refractivity contribution in [2.45, 2.75) is 26.9 Å². The van der Waals surface area contributed by atoms with Crippen LogP contribution < -0.4 is 10.6 Å². The number of amides is 2. The Morgan fingerprint density at radius 3 is 2.36 bits per heavy atom. The molecule has 0 aliphatic heterocycles. The van der Waals surface area contributed by atoms with Crippen LogP contribution in [0.15, 0.2) is 79.1 Å². The lowest BCUT2D eigenvalue weighted by Crippen LogP contribution is -2.23. The molecule has 0 atom stereocenters. The van der Waals surface area contributed by atoms with Gasteiger partial charge in [0.15, 0.2) is 0 Å². The van der Waals surface area contributed by atoms with Gasteiger partial charge in [0.2, 0.25) is 0 Å². The Bertz CT molecular complexity index is 1280. The van der Waals surface area contributed by atoms with Crippen LogP contribution in [-0.2, 0) is 13.1 Å². The second-order valence-electron chi connectivity index (χ2n) is 7.86. The zero-order valence-electron chi connectivity index (χ0n) is 18.6. The van der Waals surface area contributed by atoms with Crippen molar-refractivity contribution in [2.75, 3.05) is 5.32 Å². The summed E-state index contributed by atoms with van der Waals surface area (Å²) in [5.41, 5.74) is 5.74. The number of rotatable bonds is 7. The van der Waals surface area contributed by atoms with Crippen LogP contribution in [0.2, 0.25) is 0 Å². The number of nitrogens with zero attached hydrogens (tertiary/aromatic N) is 3. The van der Waals surface area contributed by atoms with Gasteiger partial charge < -0.3 is 10.6 Å². The van der Waals surface area contributed by atoms with E-state index in [1.807, 2.05) is 67.1 Å². The number of pyridine rings is 1. The van der Waals surface area contributed by atoms with Crippen molar-refractivity contribution in [1.82, 2.24) is 20.1 Å². The lowest BCUT2D eigenvalue weighted by molar-refractivity contribution is 0.0949. The summed E-state index contributed by atoms with van der Waals surface area (Å²) in [6.07, 6.45) is 3.15. The molecule has 0 spiro atoms. The average Bonchev–Trinajstić information content (AvgIpc) is 3.14. The fourth-order valence-electron chi connectivity index (χ4n) is 3.57. The molecule has 7 nitrogen and oxygen atoms in total. The van der Waals surface area contributed by atoms with Gasteiger partial charge in [-0.05, 0) is 67.4 Å². The van der Waals surface area contributed by atoms with Crippen LogP contribution >= 0.6 is 0 Å². The van der Waals surface area contributed by atoms with Crippen molar-refractivity contribution in [3.63, 3.8) is 0 Å². The van der Waals surface area contributed by atoms with E-state index in [0.29, 0.717) is 29.9 Å². The molecule has 0 aliphatic carbocycles. The highest BCUT2D eigenvalue weighted by atomic mass is 16.2. The molecule has 2 heterocycles. The van der Waals surface area contributed by atoms with Crippen LogP contribution in [0.25, 0.3) is 0 Å². The van der Waals surface area contributed by atoms with E-state index in [-0.39, 0.29) is 11.8 Å². The molecule has 4 rings (SSSR count). The third-order valence-corrected chi connectivity index (χ3v) is 5.21. The van der Waals surface area contributed by atoms with Gasteiger partial charge in [0.25, 0.3) is 11.8 Å². The first kappa shape index (κ1) is 22.0. The molecule has 2 N–H and O–H groups in total. The lowest BCUT2D eigenvalue weighted by atomic mass is 10.1. The Morgan fingerprint density at radius 2 is 1.61 bits per heavy atom. The van der Waals surface area contributed by atoms with E-state index in [9.17, 15) is 9.59 Å². The monoisotopic (exact) mass is 439 g/mol. The molecule has 0 aliphatic rings. The van der Waals surface area contributed by atoms with E-state index in [1.165, 1.54) is 0 Å². The number of aromatic nitrogens is 3. The predicted octanol–water partition coefficient (Wildman–Crippen LogP) is 4.13. The quantitative estimate of drug-likeness (QED) is 0.453. The smallest absolute Gasteiger partial charge is 0.255 e. The number of carbonyl (C=O) groups excluding carboxylic acids is 2. The van der Waals surface area contributed by atoms with Gasteiger partial charge in [-0.3, -0.25) is 19.3 Å². The average molecular weight is 440 g/mol. The molecule has 166 valence electrons. The number of hydrogen-bond acceptors (Lipinski definition) is 4. The van der Waals surface area contributed by atoms with Gasteiger partial charge in [-0.1, -0.05) is 24.3 Å². The van der Waals surface area contributed by atoms with Gasteiger partial charge >= 0.3 is 0 Å². The molecule has 0 saturated carbocycles. The number of benzene rings is 2. The third-order valence-electron chi connectivity index (χ3n) is 5.21. The molecule has 0 fully saturated rings. The van der Waals surface area contributed by atoms with E-state index in [4.69, 9.17) is 0 Å². The minimum Gasteiger partial charge on any atom is -0.348 e. The van der Waals surface area contributed by atoms with Gasteiger partial charge in [0, 0.05) is 41.4 Å². The van der Waals surface area contributed by atoms with E-state index in [0.717, 1.165) is 22.5 Å². The minimum atomic E-state index is -0.210. The molecule has 0 radical (unpaired) electrons. The zero-order valence-corrected chi connectivity index (χ0v) is 18.6. The van der Waals surface area contributed by atoms with Crippen molar-refractivity contribution < 1.29 is 9.59 Å². The Labute approximate surface area is 192 Å². The first-order valence-corrected chi connectivity index (χ1v) is 10.7. The van der Waals surface area contributed by atoms with Crippen LogP contribution in [0.4, 0.5) is 5.69 Å². The topological polar surface area (TPSA) is 88.9 Å². The van der Waals surface area contributed by atoms with Crippen LogP contribution in [0, 0.1) is 13.8 Å². The molecular formula is C26H25N5O2. The number of aryl methyl sites for hydroxylation is 2. The second kappa shape index (κ2) is 9.91. The number of carbonyl (C=O) groups is 2. The Balaban J connectivity index is 1.37. The van der Waals surface area contributed by atoms with Crippen LogP contribution in [0.3, 0.4) is 0 Å². The predicted molar refractivity (Wildman–Crippen MR) is 127 cm³/mol. The molecule has 7 heteroatoms.